The maximum Gasteiger partial charge on any atom is 0.222 e. The second-order valence-electron chi connectivity index (χ2n) is 2.83. The molecule has 0 amide bonds. The highest BCUT2D eigenvalue weighted by atomic mass is 19.1. The molecule has 0 saturated heterocycles. The number of benzene rings is 1. The Morgan fingerprint density at radius 2 is 1.60 bits per heavy atom. The fraction of sp³-hybridized carbons (Fsp3) is 0.300. The highest BCUT2D eigenvalue weighted by Crippen LogP contribution is 2.11. The van der Waals surface area contributed by atoms with E-state index in [4.69, 9.17) is 0 Å². The van der Waals surface area contributed by atoms with Gasteiger partial charge in [-0.05, 0) is 12.1 Å². The topological polar surface area (TPSA) is 35.5 Å². The normalized spacial score (nSPS) is 10.7. The van der Waals surface area contributed by atoms with Crippen LogP contribution in [0.25, 0.3) is 0 Å². The lowest BCUT2D eigenvalue weighted by molar-refractivity contribution is -0.0742. The average molecular weight is 216 g/mol. The minimum absolute atomic E-state index is 0.124. The van der Waals surface area contributed by atoms with Crippen molar-refractivity contribution in [2.45, 2.75) is 6.29 Å². The molecule has 0 saturated carbocycles. The van der Waals surface area contributed by atoms with Gasteiger partial charge in [-0.25, -0.2) is 8.78 Å². The molecule has 0 fully saturated rings. The van der Waals surface area contributed by atoms with Crippen LogP contribution in [0.3, 0.4) is 0 Å². The quantitative estimate of drug-likeness (QED) is 0.568. The van der Waals surface area contributed by atoms with E-state index >= 15 is 0 Å². The summed E-state index contributed by atoms with van der Waals surface area (Å²) in [6.45, 7) is 0. The minimum Gasteiger partial charge on any atom is -0.349 e. The van der Waals surface area contributed by atoms with Crippen LogP contribution in [0.5, 0.6) is 0 Å². The number of ether oxygens (including phenoxy) is 2. The van der Waals surface area contributed by atoms with Gasteiger partial charge in [0.25, 0.3) is 0 Å². The summed E-state index contributed by atoms with van der Waals surface area (Å²) in [5, 5.41) is 0. The zero-order valence-corrected chi connectivity index (χ0v) is 8.29. The van der Waals surface area contributed by atoms with Crippen molar-refractivity contribution in [3.05, 3.63) is 35.4 Å². The molecule has 15 heavy (non-hydrogen) atoms. The summed E-state index contributed by atoms with van der Waals surface area (Å²) in [4.78, 5) is 11.5. The summed E-state index contributed by atoms with van der Waals surface area (Å²) < 4.78 is 34.9. The number of ketones is 1. The minimum atomic E-state index is -1.15. The average Bonchev–Trinajstić information content (AvgIpc) is 2.18. The number of Topliss-reactive ketones (excluding diaryl/α,β-unsaturated/α-hetero) is 1. The van der Waals surface area contributed by atoms with Crippen molar-refractivity contribution >= 4 is 5.78 Å². The van der Waals surface area contributed by atoms with Gasteiger partial charge < -0.3 is 9.47 Å². The highest BCUT2D eigenvalue weighted by molar-refractivity contribution is 5.98. The number of methoxy groups -OCH3 is 2. The van der Waals surface area contributed by atoms with Crippen LogP contribution in [0.4, 0.5) is 8.78 Å². The summed E-state index contributed by atoms with van der Waals surface area (Å²) >= 11 is 0. The van der Waals surface area contributed by atoms with Crippen LogP contribution in [-0.2, 0) is 9.47 Å². The van der Waals surface area contributed by atoms with Gasteiger partial charge in [0.05, 0.1) is 0 Å². The van der Waals surface area contributed by atoms with Crippen molar-refractivity contribution < 1.29 is 23.0 Å². The molecule has 0 aliphatic heterocycles. The molecule has 0 unspecified atom stereocenters. The molecule has 82 valence electrons. The third kappa shape index (κ3) is 2.81. The monoisotopic (exact) mass is 216 g/mol. The summed E-state index contributed by atoms with van der Waals surface area (Å²) in [5.74, 6) is -2.26. The summed E-state index contributed by atoms with van der Waals surface area (Å²) in [7, 11) is 2.53. The zero-order valence-electron chi connectivity index (χ0n) is 8.29. The van der Waals surface area contributed by atoms with E-state index in [2.05, 4.69) is 9.47 Å². The number of hydrogen-bond donors (Lipinski definition) is 0. The number of hydrogen-bond acceptors (Lipinski definition) is 3. The molecule has 5 heteroatoms. The molecule has 0 spiro atoms. The molecule has 0 N–H and O–H groups in total. The first-order valence-corrected chi connectivity index (χ1v) is 4.14. The Bertz CT molecular complexity index is 341. The third-order valence-electron chi connectivity index (χ3n) is 1.79. The molecular formula is C10H10F2O3. The molecule has 1 aromatic rings. The van der Waals surface area contributed by atoms with Gasteiger partial charge in [0.1, 0.15) is 11.6 Å². The molecule has 0 heterocycles. The Labute approximate surface area is 85.6 Å². The van der Waals surface area contributed by atoms with E-state index in [1.165, 1.54) is 14.2 Å². The Kier molecular flexibility index (Phi) is 3.88. The van der Waals surface area contributed by atoms with Gasteiger partial charge in [0.15, 0.2) is 0 Å². The van der Waals surface area contributed by atoms with Crippen molar-refractivity contribution in [1.82, 2.24) is 0 Å². The van der Waals surface area contributed by atoms with E-state index in [0.29, 0.717) is 6.07 Å². The largest absolute Gasteiger partial charge is 0.349 e. The van der Waals surface area contributed by atoms with Gasteiger partial charge in [-0.1, -0.05) is 0 Å². The first kappa shape index (κ1) is 11.7. The molecule has 0 atom stereocenters. The van der Waals surface area contributed by atoms with Crippen molar-refractivity contribution in [3.63, 3.8) is 0 Å². The van der Waals surface area contributed by atoms with Gasteiger partial charge >= 0.3 is 0 Å². The summed E-state index contributed by atoms with van der Waals surface area (Å²) in [6, 6.07) is 2.54. The maximum atomic E-state index is 12.8. The van der Waals surface area contributed by atoms with Crippen LogP contribution in [-0.4, -0.2) is 26.3 Å². The van der Waals surface area contributed by atoms with Crippen molar-refractivity contribution in [2.24, 2.45) is 0 Å². The van der Waals surface area contributed by atoms with E-state index in [-0.39, 0.29) is 5.56 Å². The van der Waals surface area contributed by atoms with Gasteiger partial charge in [-0.3, -0.25) is 4.79 Å². The van der Waals surface area contributed by atoms with E-state index in [1.807, 2.05) is 0 Å². The zero-order chi connectivity index (χ0) is 11.4. The lowest BCUT2D eigenvalue weighted by Crippen LogP contribution is -2.25. The fourth-order valence-electron chi connectivity index (χ4n) is 1.14. The first-order valence-electron chi connectivity index (χ1n) is 4.14. The fourth-order valence-corrected chi connectivity index (χ4v) is 1.14. The highest BCUT2D eigenvalue weighted by Gasteiger charge is 2.20. The molecule has 0 aliphatic carbocycles. The number of carbonyl (C=O) groups is 1. The first-order chi connectivity index (χ1) is 7.08. The van der Waals surface area contributed by atoms with E-state index in [9.17, 15) is 13.6 Å². The van der Waals surface area contributed by atoms with E-state index in [0.717, 1.165) is 12.1 Å². The molecule has 3 nitrogen and oxygen atoms in total. The molecule has 0 radical (unpaired) electrons. The lowest BCUT2D eigenvalue weighted by atomic mass is 10.1. The third-order valence-corrected chi connectivity index (χ3v) is 1.79. The second kappa shape index (κ2) is 4.95. The van der Waals surface area contributed by atoms with Crippen molar-refractivity contribution in [3.8, 4) is 0 Å². The van der Waals surface area contributed by atoms with Gasteiger partial charge in [-0.2, -0.15) is 0 Å². The van der Waals surface area contributed by atoms with E-state index < -0.39 is 23.7 Å². The number of rotatable bonds is 4. The molecule has 1 aromatic carbocycles. The van der Waals surface area contributed by atoms with Crippen LogP contribution < -0.4 is 0 Å². The molecule has 1 rings (SSSR count). The molecule has 0 bridgehead atoms. The van der Waals surface area contributed by atoms with Gasteiger partial charge in [-0.15, -0.1) is 0 Å². The Morgan fingerprint density at radius 3 is 2.00 bits per heavy atom. The van der Waals surface area contributed by atoms with Gasteiger partial charge in [0.2, 0.25) is 12.1 Å². The van der Waals surface area contributed by atoms with Crippen molar-refractivity contribution in [2.75, 3.05) is 14.2 Å². The Hall–Kier alpha value is -1.33. The standard InChI is InChI=1S/C10H10F2O3/c1-14-10(15-2)9(13)6-3-7(11)5-8(12)4-6/h3-5,10H,1-2H3. The maximum absolute atomic E-state index is 12.8. The summed E-state index contributed by atoms with van der Waals surface area (Å²) in [6.07, 6.45) is -1.15. The van der Waals surface area contributed by atoms with Crippen LogP contribution >= 0.6 is 0 Å². The summed E-state index contributed by atoms with van der Waals surface area (Å²) in [5.41, 5.74) is -0.124. The van der Waals surface area contributed by atoms with Crippen molar-refractivity contribution in [1.29, 1.82) is 0 Å². The molecule has 0 aliphatic rings. The van der Waals surface area contributed by atoms with Crippen LogP contribution in [0.1, 0.15) is 10.4 Å². The Balaban J connectivity index is 3.00. The van der Waals surface area contributed by atoms with Crippen LogP contribution in [0.15, 0.2) is 18.2 Å². The smallest absolute Gasteiger partial charge is 0.222 e. The predicted molar refractivity (Wildman–Crippen MR) is 48.5 cm³/mol. The number of halogens is 2. The van der Waals surface area contributed by atoms with Crippen LogP contribution in [0.2, 0.25) is 0 Å². The van der Waals surface area contributed by atoms with Crippen LogP contribution in [0, 0.1) is 11.6 Å². The molecule has 0 aromatic heterocycles. The second-order valence-corrected chi connectivity index (χ2v) is 2.83. The predicted octanol–water partition coefficient (Wildman–Crippen LogP) is 1.77. The van der Waals surface area contributed by atoms with Gasteiger partial charge in [0, 0.05) is 25.8 Å². The number of carbonyl (C=O) groups excluding carboxylic acids is 1. The Morgan fingerprint density at radius 1 is 1.13 bits per heavy atom. The lowest BCUT2D eigenvalue weighted by Gasteiger charge is -2.11. The molecular weight excluding hydrogens is 206 g/mol. The van der Waals surface area contributed by atoms with E-state index in [1.54, 1.807) is 0 Å². The SMILES string of the molecule is COC(OC)C(=O)c1cc(F)cc(F)c1.